The van der Waals surface area contributed by atoms with Gasteiger partial charge in [0.15, 0.2) is 5.82 Å². The van der Waals surface area contributed by atoms with Crippen LogP contribution in [-0.4, -0.2) is 25.4 Å². The predicted molar refractivity (Wildman–Crippen MR) is 73.4 cm³/mol. The summed E-state index contributed by atoms with van der Waals surface area (Å²) in [4.78, 5) is 11.8. The van der Waals surface area contributed by atoms with Crippen molar-refractivity contribution in [2.45, 2.75) is 6.92 Å². The number of carbonyl (C=O) groups is 1. The topological polar surface area (TPSA) is 85.6 Å². The monoisotopic (exact) mass is 277 g/mol. The zero-order valence-corrected chi connectivity index (χ0v) is 11.4. The smallest absolute Gasteiger partial charge is 0.325 e. The minimum absolute atomic E-state index is 0.340. The second-order valence-electron chi connectivity index (χ2n) is 3.97. The van der Waals surface area contributed by atoms with Crippen molar-refractivity contribution in [3.8, 4) is 11.5 Å². The van der Waals surface area contributed by atoms with Crippen molar-refractivity contribution in [1.29, 1.82) is 0 Å². The number of nitrogens with one attached hydrogen (secondary N) is 2. The summed E-state index contributed by atoms with van der Waals surface area (Å²) in [6, 6.07) is 6.26. The van der Waals surface area contributed by atoms with Gasteiger partial charge < -0.3 is 19.3 Å². The van der Waals surface area contributed by atoms with Gasteiger partial charge in [0.1, 0.15) is 17.3 Å². The maximum absolute atomic E-state index is 11.8. The first-order valence-electron chi connectivity index (χ1n) is 5.85. The Bertz CT molecular complexity index is 609. The van der Waals surface area contributed by atoms with Gasteiger partial charge in [-0.25, -0.2) is 4.79 Å². The van der Waals surface area contributed by atoms with E-state index >= 15 is 0 Å². The Morgan fingerprint density at radius 2 is 2.00 bits per heavy atom. The molecule has 2 rings (SSSR count). The van der Waals surface area contributed by atoms with Crippen molar-refractivity contribution in [2.24, 2.45) is 0 Å². The van der Waals surface area contributed by atoms with Gasteiger partial charge in [0.25, 0.3) is 0 Å². The van der Waals surface area contributed by atoms with Crippen molar-refractivity contribution >= 4 is 17.5 Å². The van der Waals surface area contributed by atoms with Crippen LogP contribution < -0.4 is 20.1 Å². The average Bonchev–Trinajstić information content (AvgIpc) is 2.84. The molecule has 0 fully saturated rings. The number of benzene rings is 1. The SMILES string of the molecule is COc1ccc(NC(=O)Nc2cc(C)on2)c(OC)c1. The number of nitrogens with zero attached hydrogens (tertiary/aromatic N) is 1. The number of aromatic nitrogens is 1. The van der Waals surface area contributed by atoms with Crippen molar-refractivity contribution in [2.75, 3.05) is 24.9 Å². The summed E-state index contributed by atoms with van der Waals surface area (Å²) in [5, 5.41) is 8.88. The molecule has 7 heteroatoms. The molecule has 1 aromatic heterocycles. The van der Waals surface area contributed by atoms with E-state index in [1.54, 1.807) is 38.3 Å². The summed E-state index contributed by atoms with van der Waals surface area (Å²) in [5.41, 5.74) is 0.519. The number of ether oxygens (including phenoxy) is 2. The van der Waals surface area contributed by atoms with E-state index in [0.717, 1.165) is 0 Å². The van der Waals surface area contributed by atoms with Crippen LogP contribution >= 0.6 is 0 Å². The number of hydrogen-bond acceptors (Lipinski definition) is 5. The molecule has 0 saturated carbocycles. The molecule has 0 atom stereocenters. The molecule has 0 aliphatic heterocycles. The van der Waals surface area contributed by atoms with Gasteiger partial charge in [-0.05, 0) is 19.1 Å². The number of hydrogen-bond donors (Lipinski definition) is 2. The summed E-state index contributed by atoms with van der Waals surface area (Å²) in [7, 11) is 3.07. The van der Waals surface area contributed by atoms with Gasteiger partial charge >= 0.3 is 6.03 Å². The summed E-state index contributed by atoms with van der Waals surface area (Å²) in [6.07, 6.45) is 0. The Labute approximate surface area is 115 Å². The second kappa shape index (κ2) is 5.96. The fourth-order valence-electron chi connectivity index (χ4n) is 1.60. The van der Waals surface area contributed by atoms with Crippen molar-refractivity contribution in [1.82, 2.24) is 5.16 Å². The molecule has 2 amide bonds. The summed E-state index contributed by atoms with van der Waals surface area (Å²) in [6.45, 7) is 1.74. The highest BCUT2D eigenvalue weighted by molar-refractivity contribution is 6.00. The molecular formula is C13H15N3O4. The van der Waals surface area contributed by atoms with Crippen LogP contribution in [0.15, 0.2) is 28.8 Å². The third-order valence-electron chi connectivity index (χ3n) is 2.53. The van der Waals surface area contributed by atoms with Crippen LogP contribution in [0, 0.1) is 6.92 Å². The summed E-state index contributed by atoms with van der Waals surface area (Å²) in [5.74, 6) is 2.09. The summed E-state index contributed by atoms with van der Waals surface area (Å²) < 4.78 is 15.1. The van der Waals surface area contributed by atoms with Crippen molar-refractivity contribution in [3.05, 3.63) is 30.0 Å². The maximum Gasteiger partial charge on any atom is 0.325 e. The van der Waals surface area contributed by atoms with Crippen molar-refractivity contribution < 1.29 is 18.8 Å². The number of carbonyl (C=O) groups excluding carboxylic acids is 1. The normalized spacial score (nSPS) is 9.95. The number of urea groups is 1. The van der Waals surface area contributed by atoms with Crippen LogP contribution in [0.25, 0.3) is 0 Å². The first-order chi connectivity index (χ1) is 9.62. The Morgan fingerprint density at radius 3 is 2.60 bits per heavy atom. The lowest BCUT2D eigenvalue weighted by molar-refractivity contribution is 0.261. The van der Waals surface area contributed by atoms with Crippen LogP contribution in [0.2, 0.25) is 0 Å². The Hall–Kier alpha value is -2.70. The van der Waals surface area contributed by atoms with Crippen LogP contribution in [-0.2, 0) is 0 Å². The molecule has 1 aromatic carbocycles. The van der Waals surface area contributed by atoms with Crippen LogP contribution in [0.5, 0.6) is 11.5 Å². The van der Waals surface area contributed by atoms with E-state index in [4.69, 9.17) is 14.0 Å². The molecule has 1 heterocycles. The number of methoxy groups -OCH3 is 2. The van der Waals surface area contributed by atoms with E-state index in [1.807, 2.05) is 0 Å². The van der Waals surface area contributed by atoms with E-state index in [2.05, 4.69) is 15.8 Å². The van der Waals surface area contributed by atoms with Gasteiger partial charge in [0.05, 0.1) is 19.9 Å². The zero-order chi connectivity index (χ0) is 14.5. The lowest BCUT2D eigenvalue weighted by Gasteiger charge is -2.11. The highest BCUT2D eigenvalue weighted by atomic mass is 16.5. The Kier molecular flexibility index (Phi) is 4.09. The first-order valence-corrected chi connectivity index (χ1v) is 5.85. The second-order valence-corrected chi connectivity index (χ2v) is 3.97. The van der Waals surface area contributed by atoms with E-state index in [0.29, 0.717) is 28.8 Å². The van der Waals surface area contributed by atoms with Gasteiger partial charge in [-0.2, -0.15) is 0 Å². The van der Waals surface area contributed by atoms with E-state index in [-0.39, 0.29) is 0 Å². The largest absolute Gasteiger partial charge is 0.497 e. The lowest BCUT2D eigenvalue weighted by atomic mass is 10.2. The average molecular weight is 277 g/mol. The Morgan fingerprint density at radius 1 is 1.20 bits per heavy atom. The fraction of sp³-hybridized carbons (Fsp3) is 0.231. The molecule has 0 aliphatic rings. The van der Waals surface area contributed by atoms with Gasteiger partial charge in [-0.15, -0.1) is 0 Å². The van der Waals surface area contributed by atoms with Gasteiger partial charge in [0.2, 0.25) is 0 Å². The lowest BCUT2D eigenvalue weighted by Crippen LogP contribution is -2.20. The fourth-order valence-corrected chi connectivity index (χ4v) is 1.60. The van der Waals surface area contributed by atoms with Crippen LogP contribution in [0.1, 0.15) is 5.76 Å². The molecule has 0 bridgehead atoms. The van der Waals surface area contributed by atoms with Gasteiger partial charge in [0, 0.05) is 12.1 Å². The number of rotatable bonds is 4. The number of anilines is 2. The Balaban J connectivity index is 2.07. The molecule has 7 nitrogen and oxygen atoms in total. The molecule has 20 heavy (non-hydrogen) atoms. The minimum atomic E-state index is -0.443. The van der Waals surface area contributed by atoms with Crippen LogP contribution in [0.3, 0.4) is 0 Å². The quantitative estimate of drug-likeness (QED) is 0.897. The molecule has 2 N–H and O–H groups in total. The molecule has 0 saturated heterocycles. The van der Waals surface area contributed by atoms with E-state index < -0.39 is 6.03 Å². The summed E-state index contributed by atoms with van der Waals surface area (Å²) >= 11 is 0. The third-order valence-corrected chi connectivity index (χ3v) is 2.53. The molecule has 0 radical (unpaired) electrons. The molecule has 106 valence electrons. The zero-order valence-electron chi connectivity index (χ0n) is 11.4. The molecule has 0 aliphatic carbocycles. The molecule has 0 spiro atoms. The highest BCUT2D eigenvalue weighted by Gasteiger charge is 2.10. The number of aryl methyl sites for hydroxylation is 1. The van der Waals surface area contributed by atoms with Crippen molar-refractivity contribution in [3.63, 3.8) is 0 Å². The van der Waals surface area contributed by atoms with Gasteiger partial charge in [-0.3, -0.25) is 5.32 Å². The van der Waals surface area contributed by atoms with Crippen LogP contribution in [0.4, 0.5) is 16.3 Å². The third kappa shape index (κ3) is 3.19. The number of amides is 2. The maximum atomic E-state index is 11.8. The first kappa shape index (κ1) is 13.7. The molecular weight excluding hydrogens is 262 g/mol. The molecule has 0 unspecified atom stereocenters. The van der Waals surface area contributed by atoms with E-state index in [1.165, 1.54) is 7.11 Å². The standard InChI is InChI=1S/C13H15N3O4/c1-8-6-12(16-20-8)15-13(17)14-10-5-4-9(18-2)7-11(10)19-3/h4-7H,1-3H3,(H2,14,15,16,17). The minimum Gasteiger partial charge on any atom is -0.497 e. The van der Waals surface area contributed by atoms with Gasteiger partial charge in [-0.1, -0.05) is 5.16 Å². The van der Waals surface area contributed by atoms with E-state index in [9.17, 15) is 4.79 Å². The predicted octanol–water partition coefficient (Wildman–Crippen LogP) is 2.64. The molecule has 2 aromatic rings. The highest BCUT2D eigenvalue weighted by Crippen LogP contribution is 2.29.